The average Bonchev–Trinajstić information content (AvgIpc) is 2.84. The van der Waals surface area contributed by atoms with Gasteiger partial charge in [-0.15, -0.1) is 0 Å². The lowest BCUT2D eigenvalue weighted by Gasteiger charge is -2.37. The van der Waals surface area contributed by atoms with Gasteiger partial charge in [0.2, 0.25) is 0 Å². The summed E-state index contributed by atoms with van der Waals surface area (Å²) < 4.78 is 28.3. The van der Waals surface area contributed by atoms with Crippen LogP contribution in [0.5, 0.6) is 5.75 Å². The Morgan fingerprint density at radius 2 is 1.80 bits per heavy atom. The predicted octanol–water partition coefficient (Wildman–Crippen LogP) is 4.32. The normalized spacial score (nSPS) is 18.0. The smallest absolute Gasteiger partial charge is 0.141 e. The Bertz CT molecular complexity index is 1460. The summed E-state index contributed by atoms with van der Waals surface area (Å²) in [6, 6.07) is 15.2. The molecule has 176 valence electrons. The van der Waals surface area contributed by atoms with Crippen molar-refractivity contribution >= 4 is 16.6 Å². The van der Waals surface area contributed by atoms with Gasteiger partial charge in [-0.2, -0.15) is 5.26 Å². The second-order valence-electron chi connectivity index (χ2n) is 8.69. The van der Waals surface area contributed by atoms with Gasteiger partial charge in [0.05, 0.1) is 22.9 Å². The highest BCUT2D eigenvalue weighted by molar-refractivity contribution is 6.02. The van der Waals surface area contributed by atoms with Crippen LogP contribution in [0.2, 0.25) is 0 Å². The molecule has 2 heterocycles. The molecule has 0 bridgehead atoms. The molecule has 1 fully saturated rings. The lowest BCUT2D eigenvalue weighted by molar-refractivity contribution is 0.132. The number of nitriles is 1. The number of aromatic nitrogens is 1. The van der Waals surface area contributed by atoms with E-state index in [0.29, 0.717) is 51.8 Å². The molecule has 0 saturated carbocycles. The van der Waals surface area contributed by atoms with Crippen LogP contribution >= 0.6 is 0 Å². The van der Waals surface area contributed by atoms with E-state index in [1.165, 1.54) is 18.2 Å². The van der Waals surface area contributed by atoms with Crippen LogP contribution < -0.4 is 10.6 Å². The van der Waals surface area contributed by atoms with Crippen molar-refractivity contribution in [2.24, 2.45) is 5.73 Å². The zero-order valence-corrected chi connectivity index (χ0v) is 18.6. The van der Waals surface area contributed by atoms with Crippen LogP contribution in [0, 0.1) is 23.0 Å². The lowest BCUT2D eigenvalue weighted by atomic mass is 9.95. The summed E-state index contributed by atoms with van der Waals surface area (Å²) in [6.45, 7) is 0.770. The predicted molar refractivity (Wildman–Crippen MR) is 130 cm³/mol. The monoisotopic (exact) mass is 472 g/mol. The number of phenolic OH excluding ortho intramolecular Hbond substituents is 1. The molecule has 6 nitrogen and oxygen atoms in total. The highest BCUT2D eigenvalue weighted by Crippen LogP contribution is 2.41. The number of piperidine rings is 1. The summed E-state index contributed by atoms with van der Waals surface area (Å²) >= 11 is 0. The number of para-hydroxylation sites is 1. The minimum absolute atomic E-state index is 0.133. The number of nitrogens with zero attached hydrogens (tertiary/aromatic N) is 3. The quantitative estimate of drug-likeness (QED) is 0.410. The standard InChI is InChI=1S/C27H22F2N4O2/c28-18-8-17(9-19(29)11-18)22-13-32-24-5-4-15(20-3-1-2-16(12-30)27(20)35)10-21(24)26(22)33-7-6-23(31)25(34)14-33/h1-5,8-11,13,23,25,34-35H,6-7,14,31H2/t23-,25+/m1/s1. The van der Waals surface area contributed by atoms with Crippen LogP contribution in [-0.4, -0.2) is 40.4 Å². The molecule has 1 aliphatic heterocycles. The number of fused-ring (bicyclic) bond motifs is 1. The molecule has 2 atom stereocenters. The molecule has 0 spiro atoms. The first-order valence-corrected chi connectivity index (χ1v) is 11.2. The van der Waals surface area contributed by atoms with Crippen LogP contribution in [0.25, 0.3) is 33.2 Å². The molecule has 4 N–H and O–H groups in total. The van der Waals surface area contributed by atoms with Crippen molar-refractivity contribution in [1.29, 1.82) is 5.26 Å². The summed E-state index contributed by atoms with van der Waals surface area (Å²) in [6.07, 6.45) is 1.33. The van der Waals surface area contributed by atoms with Gasteiger partial charge in [0.15, 0.2) is 0 Å². The topological polar surface area (TPSA) is 106 Å². The molecule has 8 heteroatoms. The molecule has 35 heavy (non-hydrogen) atoms. The highest BCUT2D eigenvalue weighted by Gasteiger charge is 2.28. The maximum atomic E-state index is 14.1. The first kappa shape index (κ1) is 22.7. The zero-order valence-electron chi connectivity index (χ0n) is 18.6. The van der Waals surface area contributed by atoms with Crippen LogP contribution in [0.3, 0.4) is 0 Å². The van der Waals surface area contributed by atoms with Crippen LogP contribution in [0.15, 0.2) is 60.8 Å². The molecule has 1 aromatic heterocycles. The van der Waals surface area contributed by atoms with Gasteiger partial charge < -0.3 is 20.8 Å². The Balaban J connectivity index is 1.77. The van der Waals surface area contributed by atoms with Gasteiger partial charge in [-0.25, -0.2) is 8.78 Å². The number of benzene rings is 3. The molecule has 0 radical (unpaired) electrons. The number of hydrogen-bond acceptors (Lipinski definition) is 6. The van der Waals surface area contributed by atoms with E-state index >= 15 is 0 Å². The van der Waals surface area contributed by atoms with Crippen LogP contribution in [0.1, 0.15) is 12.0 Å². The van der Waals surface area contributed by atoms with Crippen molar-refractivity contribution in [1.82, 2.24) is 4.98 Å². The Morgan fingerprint density at radius 3 is 2.51 bits per heavy atom. The van der Waals surface area contributed by atoms with Crippen LogP contribution in [-0.2, 0) is 0 Å². The van der Waals surface area contributed by atoms with Crippen molar-refractivity contribution in [2.45, 2.75) is 18.6 Å². The molecular formula is C27H22F2N4O2. The third-order valence-electron chi connectivity index (χ3n) is 6.43. The molecule has 1 aliphatic rings. The maximum Gasteiger partial charge on any atom is 0.141 e. The first-order valence-electron chi connectivity index (χ1n) is 11.2. The van der Waals surface area contributed by atoms with Crippen molar-refractivity contribution in [2.75, 3.05) is 18.0 Å². The molecule has 3 aromatic carbocycles. The van der Waals surface area contributed by atoms with E-state index in [4.69, 9.17) is 5.73 Å². The number of nitrogens with two attached hydrogens (primary N) is 1. The molecule has 1 saturated heterocycles. The summed E-state index contributed by atoms with van der Waals surface area (Å²) in [5, 5.41) is 31.1. The van der Waals surface area contributed by atoms with Gasteiger partial charge in [0.1, 0.15) is 23.5 Å². The first-order chi connectivity index (χ1) is 16.9. The fraction of sp³-hybridized carbons (Fsp3) is 0.185. The van der Waals surface area contributed by atoms with E-state index in [1.807, 2.05) is 17.0 Å². The molecular weight excluding hydrogens is 450 g/mol. The van der Waals surface area contributed by atoms with E-state index in [2.05, 4.69) is 4.98 Å². The van der Waals surface area contributed by atoms with E-state index in [9.17, 15) is 24.3 Å². The van der Waals surface area contributed by atoms with Gasteiger partial charge in [0.25, 0.3) is 0 Å². The summed E-state index contributed by atoms with van der Waals surface area (Å²) in [5.74, 6) is -1.55. The maximum absolute atomic E-state index is 14.1. The van der Waals surface area contributed by atoms with Crippen LogP contribution in [0.4, 0.5) is 14.5 Å². The number of anilines is 1. The zero-order chi connectivity index (χ0) is 24.7. The number of rotatable bonds is 3. The van der Waals surface area contributed by atoms with Gasteiger partial charge in [-0.3, -0.25) is 4.98 Å². The van der Waals surface area contributed by atoms with Gasteiger partial charge >= 0.3 is 0 Å². The van der Waals surface area contributed by atoms with Gasteiger partial charge in [-0.1, -0.05) is 18.2 Å². The Morgan fingerprint density at radius 1 is 1.03 bits per heavy atom. The molecule has 0 amide bonds. The van der Waals surface area contributed by atoms with Crippen molar-refractivity contribution in [3.8, 4) is 34.1 Å². The highest BCUT2D eigenvalue weighted by atomic mass is 19.1. The minimum atomic E-state index is -0.774. The SMILES string of the molecule is N#Cc1cccc(-c2ccc3ncc(-c4cc(F)cc(F)c4)c(N4CC[C@@H](N)[C@@H](O)C4)c3c2)c1O. The molecule has 0 aliphatic carbocycles. The van der Waals surface area contributed by atoms with Gasteiger partial charge in [-0.05, 0) is 47.9 Å². The van der Waals surface area contributed by atoms with Crippen molar-refractivity contribution in [3.63, 3.8) is 0 Å². The van der Waals surface area contributed by atoms with Crippen molar-refractivity contribution < 1.29 is 19.0 Å². The minimum Gasteiger partial charge on any atom is -0.506 e. The molecule has 5 rings (SSSR count). The van der Waals surface area contributed by atoms with E-state index in [1.54, 1.807) is 30.5 Å². The Labute approximate surface area is 200 Å². The number of phenols is 1. The second-order valence-corrected chi connectivity index (χ2v) is 8.69. The Kier molecular flexibility index (Phi) is 5.81. The third-order valence-corrected chi connectivity index (χ3v) is 6.43. The van der Waals surface area contributed by atoms with E-state index in [-0.39, 0.29) is 23.9 Å². The largest absolute Gasteiger partial charge is 0.506 e. The number of β-amino-alcohol motifs (C(OH)–C–C–N with tert-alkyl or cyclic N) is 1. The number of pyridine rings is 1. The van der Waals surface area contributed by atoms with Gasteiger partial charge in [0, 0.05) is 47.9 Å². The summed E-state index contributed by atoms with van der Waals surface area (Å²) in [5.41, 5.74) is 9.40. The number of halogens is 2. The number of aliphatic hydroxyl groups excluding tert-OH is 1. The molecule has 0 unspecified atom stereocenters. The number of aromatic hydroxyl groups is 1. The average molecular weight is 472 g/mol. The summed E-state index contributed by atoms with van der Waals surface area (Å²) in [4.78, 5) is 6.47. The fourth-order valence-electron chi connectivity index (χ4n) is 4.63. The second kappa shape index (κ2) is 8.95. The number of hydrogen-bond donors (Lipinski definition) is 3. The number of aliphatic hydroxyl groups is 1. The lowest BCUT2D eigenvalue weighted by Crippen LogP contribution is -2.50. The van der Waals surface area contributed by atoms with E-state index < -0.39 is 17.7 Å². The fourth-order valence-corrected chi connectivity index (χ4v) is 4.63. The molecule has 4 aromatic rings. The third kappa shape index (κ3) is 4.16. The Hall–Kier alpha value is -4.06. The summed E-state index contributed by atoms with van der Waals surface area (Å²) in [7, 11) is 0. The van der Waals surface area contributed by atoms with E-state index in [0.717, 1.165) is 6.07 Å². The van der Waals surface area contributed by atoms with Crippen molar-refractivity contribution in [3.05, 3.63) is 78.0 Å².